The largest absolute Gasteiger partial charge is 0.369 e. The molecule has 0 radical (unpaired) electrons. The predicted molar refractivity (Wildman–Crippen MR) is 63.3 cm³/mol. The van der Waals surface area contributed by atoms with Crippen LogP contribution in [0.1, 0.15) is 18.9 Å². The molecule has 0 spiro atoms. The Balaban J connectivity index is 2.13. The predicted octanol–water partition coefficient (Wildman–Crippen LogP) is 1.58. The third kappa shape index (κ3) is 2.48. The number of rotatable bonds is 1. The number of hydrogen-bond donors (Lipinski definition) is 1. The van der Waals surface area contributed by atoms with Crippen LogP contribution in [0.5, 0.6) is 0 Å². The van der Waals surface area contributed by atoms with Crippen molar-refractivity contribution in [2.45, 2.75) is 26.3 Å². The molecule has 1 saturated heterocycles. The summed E-state index contributed by atoms with van der Waals surface area (Å²) in [6, 6.07) is 2.71. The number of nitrogens with one attached hydrogen (secondary N) is 1. The highest BCUT2D eigenvalue weighted by molar-refractivity contribution is 5.51. The maximum atomic E-state index is 4.21. The summed E-state index contributed by atoms with van der Waals surface area (Å²) in [5.41, 5.74) is 2.60. The lowest BCUT2D eigenvalue weighted by molar-refractivity contribution is 0.566. The Kier molecular flexibility index (Phi) is 3.21. The molecule has 1 N–H and O–H groups in total. The highest BCUT2D eigenvalue weighted by Gasteiger charge is 2.14. The molecule has 1 aliphatic rings. The van der Waals surface area contributed by atoms with Gasteiger partial charge in [0.05, 0.1) is 11.9 Å². The lowest BCUT2D eigenvalue weighted by Crippen LogP contribution is -2.29. The van der Waals surface area contributed by atoms with Crippen molar-refractivity contribution in [3.63, 3.8) is 0 Å². The van der Waals surface area contributed by atoms with Gasteiger partial charge in [0.25, 0.3) is 0 Å². The van der Waals surface area contributed by atoms with Crippen molar-refractivity contribution in [1.82, 2.24) is 10.3 Å². The molecule has 15 heavy (non-hydrogen) atoms. The van der Waals surface area contributed by atoms with Gasteiger partial charge >= 0.3 is 0 Å². The van der Waals surface area contributed by atoms with Gasteiger partial charge in [-0.3, -0.25) is 4.98 Å². The van der Waals surface area contributed by atoms with Gasteiger partial charge in [0.1, 0.15) is 0 Å². The highest BCUT2D eigenvalue weighted by atomic mass is 15.2. The Bertz CT molecular complexity index is 324. The lowest BCUT2D eigenvalue weighted by atomic mass is 10.2. The zero-order valence-electron chi connectivity index (χ0n) is 9.53. The van der Waals surface area contributed by atoms with Gasteiger partial charge in [-0.2, -0.15) is 0 Å². The molecule has 1 aliphatic heterocycles. The number of nitrogens with zero attached hydrogens (tertiary/aromatic N) is 2. The summed E-state index contributed by atoms with van der Waals surface area (Å²) in [6.07, 6.45) is 5.04. The molecule has 3 heteroatoms. The first-order valence-electron chi connectivity index (χ1n) is 5.66. The summed E-state index contributed by atoms with van der Waals surface area (Å²) in [6.45, 7) is 7.67. The molecular weight excluding hydrogens is 186 g/mol. The fraction of sp³-hybridized carbons (Fsp3) is 0.583. The third-order valence-corrected chi connectivity index (χ3v) is 3.06. The van der Waals surface area contributed by atoms with E-state index in [0.29, 0.717) is 6.04 Å². The minimum absolute atomic E-state index is 0.631. The van der Waals surface area contributed by atoms with Crippen molar-refractivity contribution in [3.05, 3.63) is 24.0 Å². The topological polar surface area (TPSA) is 28.2 Å². The fourth-order valence-corrected chi connectivity index (χ4v) is 2.04. The molecular formula is C12H19N3. The minimum atomic E-state index is 0.631. The Morgan fingerprint density at radius 2 is 2.33 bits per heavy atom. The second-order valence-corrected chi connectivity index (χ2v) is 4.29. The van der Waals surface area contributed by atoms with E-state index in [9.17, 15) is 0 Å². The zero-order valence-corrected chi connectivity index (χ0v) is 9.53. The SMILES string of the molecule is Cc1ccncc1N1CCNC(C)CC1. The van der Waals surface area contributed by atoms with Crippen LogP contribution in [0.2, 0.25) is 0 Å². The molecule has 1 aromatic heterocycles. The van der Waals surface area contributed by atoms with Crippen LogP contribution in [0.4, 0.5) is 5.69 Å². The maximum absolute atomic E-state index is 4.21. The lowest BCUT2D eigenvalue weighted by Gasteiger charge is -2.23. The fourth-order valence-electron chi connectivity index (χ4n) is 2.04. The first kappa shape index (κ1) is 10.4. The van der Waals surface area contributed by atoms with Crippen LogP contribution in [0.3, 0.4) is 0 Å². The van der Waals surface area contributed by atoms with Crippen molar-refractivity contribution in [2.75, 3.05) is 24.5 Å². The Morgan fingerprint density at radius 1 is 1.47 bits per heavy atom. The van der Waals surface area contributed by atoms with Crippen LogP contribution >= 0.6 is 0 Å². The molecule has 0 bridgehead atoms. The summed E-state index contributed by atoms with van der Waals surface area (Å²) < 4.78 is 0. The first-order chi connectivity index (χ1) is 7.27. The van der Waals surface area contributed by atoms with Gasteiger partial charge in [0.2, 0.25) is 0 Å². The van der Waals surface area contributed by atoms with E-state index in [-0.39, 0.29) is 0 Å². The minimum Gasteiger partial charge on any atom is -0.369 e. The van der Waals surface area contributed by atoms with Gasteiger partial charge in [-0.1, -0.05) is 0 Å². The van der Waals surface area contributed by atoms with Crippen LogP contribution in [0.25, 0.3) is 0 Å². The van der Waals surface area contributed by atoms with Crippen LogP contribution in [0.15, 0.2) is 18.5 Å². The van der Waals surface area contributed by atoms with Gasteiger partial charge < -0.3 is 10.2 Å². The van der Waals surface area contributed by atoms with E-state index in [0.717, 1.165) is 19.6 Å². The molecule has 0 saturated carbocycles. The van der Waals surface area contributed by atoms with Crippen LogP contribution in [-0.2, 0) is 0 Å². The molecule has 0 amide bonds. The van der Waals surface area contributed by atoms with Gasteiger partial charge in [-0.25, -0.2) is 0 Å². The summed E-state index contributed by atoms with van der Waals surface area (Å²) >= 11 is 0. The van der Waals surface area contributed by atoms with Crippen molar-refractivity contribution < 1.29 is 0 Å². The molecule has 1 fully saturated rings. The van der Waals surface area contributed by atoms with Gasteiger partial charge in [0.15, 0.2) is 0 Å². The molecule has 1 unspecified atom stereocenters. The van der Waals surface area contributed by atoms with E-state index in [1.54, 1.807) is 0 Å². The number of hydrogen-bond acceptors (Lipinski definition) is 3. The number of pyridine rings is 1. The summed E-state index contributed by atoms with van der Waals surface area (Å²) in [4.78, 5) is 6.64. The highest BCUT2D eigenvalue weighted by Crippen LogP contribution is 2.19. The number of aromatic nitrogens is 1. The van der Waals surface area contributed by atoms with Gasteiger partial charge in [-0.15, -0.1) is 0 Å². The van der Waals surface area contributed by atoms with Gasteiger partial charge in [-0.05, 0) is 31.9 Å². The van der Waals surface area contributed by atoms with E-state index >= 15 is 0 Å². The average Bonchev–Trinajstić information content (AvgIpc) is 2.44. The standard InChI is InChI=1S/C12H19N3/c1-10-3-5-13-9-12(10)15-7-4-11(2)14-6-8-15/h3,5,9,11,14H,4,6-8H2,1-2H3. The van der Waals surface area contributed by atoms with Crippen molar-refractivity contribution in [1.29, 1.82) is 0 Å². The second kappa shape index (κ2) is 4.62. The average molecular weight is 205 g/mol. The quantitative estimate of drug-likeness (QED) is 0.754. The van der Waals surface area contributed by atoms with Crippen LogP contribution < -0.4 is 10.2 Å². The maximum Gasteiger partial charge on any atom is 0.0582 e. The Hall–Kier alpha value is -1.09. The van der Waals surface area contributed by atoms with E-state index in [1.165, 1.54) is 17.7 Å². The number of anilines is 1. The van der Waals surface area contributed by atoms with Crippen molar-refractivity contribution in [3.8, 4) is 0 Å². The zero-order chi connectivity index (χ0) is 10.7. The molecule has 1 aromatic rings. The molecule has 3 nitrogen and oxygen atoms in total. The number of aryl methyl sites for hydroxylation is 1. The Labute approximate surface area is 91.5 Å². The second-order valence-electron chi connectivity index (χ2n) is 4.29. The summed E-state index contributed by atoms with van der Waals surface area (Å²) in [5.74, 6) is 0. The summed E-state index contributed by atoms with van der Waals surface area (Å²) in [7, 11) is 0. The molecule has 0 aliphatic carbocycles. The third-order valence-electron chi connectivity index (χ3n) is 3.06. The van der Waals surface area contributed by atoms with Crippen molar-refractivity contribution >= 4 is 5.69 Å². The summed E-state index contributed by atoms with van der Waals surface area (Å²) in [5, 5.41) is 3.50. The molecule has 82 valence electrons. The molecule has 0 aromatic carbocycles. The first-order valence-corrected chi connectivity index (χ1v) is 5.66. The van der Waals surface area contributed by atoms with Crippen LogP contribution in [-0.4, -0.2) is 30.7 Å². The Morgan fingerprint density at radius 3 is 3.13 bits per heavy atom. The molecule has 2 rings (SSSR count). The molecule has 2 heterocycles. The van der Waals surface area contributed by atoms with Gasteiger partial charge in [0, 0.05) is 31.9 Å². The normalized spacial score (nSPS) is 22.5. The van der Waals surface area contributed by atoms with E-state index in [2.05, 4.69) is 35.1 Å². The smallest absolute Gasteiger partial charge is 0.0582 e. The van der Waals surface area contributed by atoms with E-state index in [1.807, 2.05) is 12.4 Å². The monoisotopic (exact) mass is 205 g/mol. The van der Waals surface area contributed by atoms with Crippen molar-refractivity contribution in [2.24, 2.45) is 0 Å². The van der Waals surface area contributed by atoms with E-state index in [4.69, 9.17) is 0 Å². The van der Waals surface area contributed by atoms with E-state index < -0.39 is 0 Å². The molecule has 1 atom stereocenters. The van der Waals surface area contributed by atoms with Crippen LogP contribution in [0, 0.1) is 6.92 Å².